The van der Waals surface area contributed by atoms with Gasteiger partial charge in [0.2, 0.25) is 0 Å². The molecule has 0 unspecified atom stereocenters. The van der Waals surface area contributed by atoms with Crippen molar-refractivity contribution in [2.75, 3.05) is 33.2 Å². The molecule has 1 aromatic carbocycles. The summed E-state index contributed by atoms with van der Waals surface area (Å²) in [5, 5.41) is 17.4. The van der Waals surface area contributed by atoms with E-state index in [0.29, 0.717) is 10.9 Å². The van der Waals surface area contributed by atoms with Crippen LogP contribution in [0.15, 0.2) is 36.7 Å². The van der Waals surface area contributed by atoms with Crippen molar-refractivity contribution in [1.82, 2.24) is 29.9 Å². The van der Waals surface area contributed by atoms with Gasteiger partial charge in [0.05, 0.1) is 5.52 Å². The number of aromatic nitrogens is 3. The van der Waals surface area contributed by atoms with Gasteiger partial charge in [-0.05, 0) is 88.2 Å². The molecular weight excluding hydrogens is 444 g/mol. The number of hydrogen-bond donors (Lipinski definition) is 2. The van der Waals surface area contributed by atoms with Gasteiger partial charge in [-0.3, -0.25) is 9.88 Å². The van der Waals surface area contributed by atoms with Gasteiger partial charge in [-0.2, -0.15) is 9.78 Å². The van der Waals surface area contributed by atoms with Crippen LogP contribution in [0.3, 0.4) is 0 Å². The van der Waals surface area contributed by atoms with Gasteiger partial charge < -0.3 is 15.3 Å². The van der Waals surface area contributed by atoms with Crippen LogP contribution in [0, 0.1) is 0 Å². The van der Waals surface area contributed by atoms with E-state index < -0.39 is 12.0 Å². The van der Waals surface area contributed by atoms with Gasteiger partial charge in [0.1, 0.15) is 0 Å². The van der Waals surface area contributed by atoms with Crippen molar-refractivity contribution in [1.29, 1.82) is 0 Å². The molecule has 0 bridgehead atoms. The fourth-order valence-electron chi connectivity index (χ4n) is 5.11. The number of aromatic carboxylic acids is 1. The lowest BCUT2D eigenvalue weighted by atomic mass is 10.0. The fraction of sp³-hybridized carbons (Fsp3) is 0.462. The smallest absolute Gasteiger partial charge is 0.357 e. The zero-order valence-corrected chi connectivity index (χ0v) is 20.1. The number of piperidine rings is 2. The van der Waals surface area contributed by atoms with Gasteiger partial charge in [-0.1, -0.05) is 12.5 Å². The lowest BCUT2D eigenvalue weighted by Crippen LogP contribution is -2.45. The van der Waals surface area contributed by atoms with E-state index in [9.17, 15) is 14.7 Å². The first kappa shape index (κ1) is 23.4. The van der Waals surface area contributed by atoms with Crippen LogP contribution in [-0.4, -0.2) is 80.9 Å². The first-order valence-corrected chi connectivity index (χ1v) is 12.4. The number of hydrogen-bond acceptors (Lipinski definition) is 6. The predicted molar refractivity (Wildman–Crippen MR) is 133 cm³/mol. The van der Waals surface area contributed by atoms with E-state index in [1.807, 2.05) is 12.3 Å². The number of carbonyl (C=O) groups excluding carboxylic acids is 1. The van der Waals surface area contributed by atoms with Crippen LogP contribution in [-0.2, 0) is 6.54 Å². The fourth-order valence-corrected chi connectivity index (χ4v) is 5.11. The lowest BCUT2D eigenvalue weighted by molar-refractivity contribution is 0.0692. The number of amides is 1. The second-order valence-electron chi connectivity index (χ2n) is 9.74. The average Bonchev–Trinajstić information content (AvgIpc) is 3.26. The third-order valence-electron chi connectivity index (χ3n) is 7.10. The lowest BCUT2D eigenvalue weighted by Gasteiger charge is -2.29. The van der Waals surface area contributed by atoms with Crippen molar-refractivity contribution >= 4 is 22.9 Å². The quantitative estimate of drug-likeness (QED) is 0.581. The molecule has 2 aromatic heterocycles. The highest BCUT2D eigenvalue weighted by molar-refractivity contribution is 6.05. The van der Waals surface area contributed by atoms with Crippen molar-refractivity contribution in [3.8, 4) is 11.1 Å². The summed E-state index contributed by atoms with van der Waals surface area (Å²) in [6.45, 7) is 4.91. The summed E-state index contributed by atoms with van der Waals surface area (Å²) < 4.78 is 1.19. The highest BCUT2D eigenvalue weighted by Crippen LogP contribution is 2.27. The number of fused-ring (bicyclic) bond motifs is 1. The maximum absolute atomic E-state index is 13.0. The molecule has 2 fully saturated rings. The van der Waals surface area contributed by atoms with Gasteiger partial charge in [-0.15, -0.1) is 0 Å². The molecule has 2 saturated heterocycles. The third-order valence-corrected chi connectivity index (χ3v) is 7.10. The van der Waals surface area contributed by atoms with Gasteiger partial charge in [0.15, 0.2) is 5.69 Å². The normalized spacial score (nSPS) is 18.1. The molecule has 0 atom stereocenters. The minimum atomic E-state index is -1.16. The van der Waals surface area contributed by atoms with Crippen LogP contribution in [0.5, 0.6) is 0 Å². The summed E-state index contributed by atoms with van der Waals surface area (Å²) >= 11 is 0. The predicted octanol–water partition coefficient (Wildman–Crippen LogP) is 3.43. The number of carbonyl (C=O) groups is 2. The molecule has 0 saturated carbocycles. The molecule has 9 heteroatoms. The number of benzene rings is 1. The number of carboxylic acids is 1. The second kappa shape index (κ2) is 10.1. The molecule has 184 valence electrons. The largest absolute Gasteiger partial charge is 0.476 e. The molecule has 2 N–H and O–H groups in total. The van der Waals surface area contributed by atoms with E-state index in [0.717, 1.165) is 62.3 Å². The Morgan fingerprint density at radius 2 is 1.80 bits per heavy atom. The Kier molecular flexibility index (Phi) is 6.79. The molecule has 3 aromatic rings. The highest BCUT2D eigenvalue weighted by atomic mass is 16.4. The van der Waals surface area contributed by atoms with E-state index in [4.69, 9.17) is 0 Å². The summed E-state index contributed by atoms with van der Waals surface area (Å²) in [5.41, 5.74) is 3.26. The van der Waals surface area contributed by atoms with Crippen LogP contribution >= 0.6 is 0 Å². The van der Waals surface area contributed by atoms with Crippen molar-refractivity contribution in [2.24, 2.45) is 0 Å². The Bertz CT molecular complexity index is 1230. The summed E-state index contributed by atoms with van der Waals surface area (Å²) in [5.74, 6) is -1.16. The van der Waals surface area contributed by atoms with E-state index in [2.05, 4.69) is 38.3 Å². The Labute approximate surface area is 204 Å². The molecule has 5 rings (SSSR count). The first-order chi connectivity index (χ1) is 17.0. The number of rotatable bonds is 5. The molecule has 0 aliphatic carbocycles. The minimum absolute atomic E-state index is 0.0548. The molecule has 4 heterocycles. The van der Waals surface area contributed by atoms with Crippen LogP contribution < -0.4 is 5.32 Å². The molecule has 0 radical (unpaired) electrons. The Morgan fingerprint density at radius 3 is 2.54 bits per heavy atom. The average molecular weight is 477 g/mol. The minimum Gasteiger partial charge on any atom is -0.476 e. The van der Waals surface area contributed by atoms with Crippen LogP contribution in [0.1, 0.15) is 48.2 Å². The van der Waals surface area contributed by atoms with Crippen LogP contribution in [0.2, 0.25) is 0 Å². The number of nitrogens with zero attached hydrogens (tertiary/aromatic N) is 5. The molecule has 35 heavy (non-hydrogen) atoms. The zero-order valence-electron chi connectivity index (χ0n) is 20.1. The van der Waals surface area contributed by atoms with Crippen LogP contribution in [0.25, 0.3) is 22.0 Å². The second-order valence-corrected chi connectivity index (χ2v) is 9.74. The van der Waals surface area contributed by atoms with Gasteiger partial charge in [0, 0.05) is 35.9 Å². The summed E-state index contributed by atoms with van der Waals surface area (Å²) in [6.07, 6.45) is 9.16. The Morgan fingerprint density at radius 1 is 1.03 bits per heavy atom. The number of nitrogens with one attached hydrogen (secondary N) is 1. The van der Waals surface area contributed by atoms with Crippen molar-refractivity contribution in [3.63, 3.8) is 0 Å². The summed E-state index contributed by atoms with van der Waals surface area (Å²) in [7, 11) is 2.06. The molecule has 2 aliphatic rings. The van der Waals surface area contributed by atoms with Crippen molar-refractivity contribution in [3.05, 3.63) is 47.9 Å². The topological polar surface area (TPSA) is 104 Å². The highest BCUT2D eigenvalue weighted by Gasteiger charge is 2.24. The number of likely N-dealkylation sites (tertiary alicyclic amines) is 2. The van der Waals surface area contributed by atoms with Crippen LogP contribution in [0.4, 0.5) is 4.79 Å². The number of carboxylic acid groups (broad SMARTS) is 1. The SMILES string of the molecule is CN1CCC(NC(=O)n2nc(C(=O)O)c3cc(-c4cncc(CN5CCCCC5)c4)ccc32)CC1. The summed E-state index contributed by atoms with van der Waals surface area (Å²) in [6, 6.07) is 7.24. The monoisotopic (exact) mass is 476 g/mol. The van der Waals surface area contributed by atoms with Gasteiger partial charge in [0.25, 0.3) is 0 Å². The van der Waals surface area contributed by atoms with E-state index in [1.165, 1.54) is 23.9 Å². The maximum Gasteiger partial charge on any atom is 0.357 e. The van der Waals surface area contributed by atoms with Gasteiger partial charge >= 0.3 is 12.0 Å². The van der Waals surface area contributed by atoms with Crippen molar-refractivity contribution < 1.29 is 14.7 Å². The molecule has 9 nitrogen and oxygen atoms in total. The third kappa shape index (κ3) is 5.21. The maximum atomic E-state index is 13.0. The molecule has 1 amide bonds. The molecule has 0 spiro atoms. The van der Waals surface area contributed by atoms with E-state index >= 15 is 0 Å². The summed E-state index contributed by atoms with van der Waals surface area (Å²) in [4.78, 5) is 34.1. The Balaban J connectivity index is 1.41. The molecule has 2 aliphatic heterocycles. The van der Waals surface area contributed by atoms with Crippen molar-refractivity contribution in [2.45, 2.75) is 44.7 Å². The van der Waals surface area contributed by atoms with E-state index in [1.54, 1.807) is 18.3 Å². The Hall–Kier alpha value is -3.30. The zero-order chi connectivity index (χ0) is 24.4. The van der Waals surface area contributed by atoms with E-state index in [-0.39, 0.29) is 11.7 Å². The number of pyridine rings is 1. The molecular formula is C26H32N6O3. The standard InChI is InChI=1S/C26H32N6O3/c1-30-11-7-21(8-12-30)28-26(35)32-23-6-5-19(14-22(23)24(29-32)25(33)34)20-13-18(15-27-16-20)17-31-9-3-2-4-10-31/h5-6,13-16,21H,2-4,7-12,17H2,1H3,(H,28,35)(H,33,34). The van der Waals surface area contributed by atoms with Gasteiger partial charge in [-0.25, -0.2) is 9.59 Å². The first-order valence-electron chi connectivity index (χ1n) is 12.4.